The first-order valence-corrected chi connectivity index (χ1v) is 53.0. The summed E-state index contributed by atoms with van der Waals surface area (Å²) in [6.07, 6.45) is 16.0. The molecular formula is C72H126CaKN7Si6. The molecule has 87 heavy (non-hydrogen) atoms. The van der Waals surface area contributed by atoms with Crippen molar-refractivity contribution in [2.45, 2.75) is 276 Å². The van der Waals surface area contributed by atoms with Crippen LogP contribution in [0.2, 0.25) is 118 Å². The average Bonchev–Trinajstić information content (AvgIpc) is 4.01. The van der Waals surface area contributed by atoms with Crippen LogP contribution in [0.25, 0.3) is 36.7 Å². The fourth-order valence-electron chi connectivity index (χ4n) is 11.3. The Morgan fingerprint density at radius 2 is 0.460 bits per heavy atom. The maximum atomic E-state index is 4.82. The van der Waals surface area contributed by atoms with E-state index in [1.165, 1.54) is 67.3 Å². The molecule has 476 valence electrons. The summed E-state index contributed by atoms with van der Waals surface area (Å²) in [5.74, 6) is 3.68. The molecule has 0 fully saturated rings. The SMILES string of the molecule is CC(C)c1cccc(C(C)C)c1-n1[c-][n+](-c2c(C(C)C)cccc2C(C)C)cc1.CC(C)c1cccc(C(C)C)c1-n1[c-][n+](-c2c(C(C)C)cccc2C(C)C)cc1.C[Si](C)(C)[N-][Si](C)(C)C.C[Si](C)(C)[N-][Si](C)(C)C.C[Si](C)(C)[N-][Si](C)(C)C.[Ca+2].[K+]. The third-order valence-electron chi connectivity index (χ3n) is 13.5. The van der Waals surface area contributed by atoms with Gasteiger partial charge >= 0.3 is 89.1 Å². The number of nitrogens with zero attached hydrogens (tertiary/aromatic N) is 7. The van der Waals surface area contributed by atoms with E-state index in [9.17, 15) is 0 Å². The molecule has 0 atom stereocenters. The molecular weight excluding hydrogens is 1210 g/mol. The Morgan fingerprint density at radius 3 is 0.598 bits per heavy atom. The Kier molecular flexibility index (Phi) is 36.6. The van der Waals surface area contributed by atoms with Crippen molar-refractivity contribution in [3.8, 4) is 22.7 Å². The van der Waals surface area contributed by atoms with E-state index >= 15 is 0 Å². The van der Waals surface area contributed by atoms with Crippen molar-refractivity contribution in [1.29, 1.82) is 0 Å². The fourth-order valence-corrected chi connectivity index (χ4v) is 35.5. The average molecular weight is 1340 g/mol. The maximum Gasteiger partial charge on any atom is 2.00 e. The Morgan fingerprint density at radius 1 is 0.299 bits per heavy atom. The summed E-state index contributed by atoms with van der Waals surface area (Å²) in [7, 11) is -6.64. The molecule has 6 rings (SSSR count). The van der Waals surface area contributed by atoms with Gasteiger partial charge in [-0.1, -0.05) is 351 Å². The van der Waals surface area contributed by atoms with E-state index in [-0.39, 0.29) is 89.1 Å². The zero-order valence-corrected chi connectivity index (χ0v) is 74.0. The first-order chi connectivity index (χ1) is 38.6. The molecule has 0 N–H and O–H groups in total. The fraction of sp³-hybridized carbons (Fsp3) is 0.583. The topological polar surface area (TPSA) is 59.9 Å². The van der Waals surface area contributed by atoms with Crippen molar-refractivity contribution in [2.75, 3.05) is 0 Å². The maximum absolute atomic E-state index is 4.82. The molecule has 0 unspecified atom stereocenters. The molecule has 0 radical (unpaired) electrons. The number of aromatic nitrogens is 4. The van der Waals surface area contributed by atoms with Gasteiger partial charge in [0.15, 0.2) is 0 Å². The molecule has 2 aromatic heterocycles. The number of para-hydroxylation sites is 4. The van der Waals surface area contributed by atoms with Crippen LogP contribution in [0, 0.1) is 12.7 Å². The van der Waals surface area contributed by atoms with E-state index in [4.69, 9.17) is 13.9 Å². The van der Waals surface area contributed by atoms with Crippen molar-refractivity contribution in [2.24, 2.45) is 0 Å². The molecule has 0 bridgehead atoms. The number of hydrogen-bond donors (Lipinski definition) is 0. The number of benzene rings is 4. The Bertz CT molecular complexity index is 2450. The monoisotopic (exact) mass is 1340 g/mol. The molecule has 4 aromatic carbocycles. The van der Waals surface area contributed by atoms with Crippen LogP contribution in [-0.4, -0.2) is 96.3 Å². The summed E-state index contributed by atoms with van der Waals surface area (Å²) in [5, 5.41) is 0. The predicted octanol–water partition coefficient (Wildman–Crippen LogP) is 19.8. The van der Waals surface area contributed by atoms with Crippen LogP contribution >= 0.6 is 0 Å². The van der Waals surface area contributed by atoms with Crippen molar-refractivity contribution >= 4 is 87.2 Å². The van der Waals surface area contributed by atoms with E-state index < -0.39 is 49.4 Å². The minimum absolute atomic E-state index is 0. The third-order valence-corrected chi connectivity index (χ3v) is 29.6. The summed E-state index contributed by atoms with van der Waals surface area (Å²) < 4.78 is 23.3. The molecule has 0 saturated heterocycles. The molecule has 7 nitrogen and oxygen atoms in total. The predicted molar refractivity (Wildman–Crippen MR) is 401 cm³/mol. The molecule has 0 amide bonds. The smallest absolute Gasteiger partial charge is 0.668 e. The Hall–Kier alpha value is -0.623. The van der Waals surface area contributed by atoms with Crippen molar-refractivity contribution in [3.63, 3.8) is 0 Å². The van der Waals surface area contributed by atoms with Crippen LogP contribution in [0.5, 0.6) is 0 Å². The van der Waals surface area contributed by atoms with Gasteiger partial charge in [-0.25, -0.2) is 0 Å². The second-order valence-corrected chi connectivity index (χ2v) is 60.7. The summed E-state index contributed by atoms with van der Waals surface area (Å²) in [6, 6.07) is 26.8. The first kappa shape index (κ1) is 86.4. The van der Waals surface area contributed by atoms with Gasteiger partial charge in [-0.05, 0) is 91.9 Å². The molecule has 0 aliphatic heterocycles. The van der Waals surface area contributed by atoms with E-state index in [2.05, 4.69) is 357 Å². The van der Waals surface area contributed by atoms with Gasteiger partial charge in [0.2, 0.25) is 0 Å². The summed E-state index contributed by atoms with van der Waals surface area (Å²) in [4.78, 5) is 0. The van der Waals surface area contributed by atoms with Crippen LogP contribution in [-0.2, 0) is 0 Å². The summed E-state index contributed by atoms with van der Waals surface area (Å²) in [6.45, 7) is 77.7. The van der Waals surface area contributed by atoms with E-state index in [1.54, 1.807) is 0 Å². The van der Waals surface area contributed by atoms with E-state index in [0.717, 1.165) is 0 Å². The van der Waals surface area contributed by atoms with Crippen LogP contribution in [0.4, 0.5) is 0 Å². The molecule has 0 spiro atoms. The molecule has 2 heterocycles. The van der Waals surface area contributed by atoms with Crippen molar-refractivity contribution in [3.05, 3.63) is 169 Å². The largest absolute Gasteiger partial charge is 2.00 e. The Balaban J connectivity index is 0.00000118. The van der Waals surface area contributed by atoms with Gasteiger partial charge in [0.1, 0.15) is 0 Å². The number of rotatable bonds is 18. The van der Waals surface area contributed by atoms with Crippen molar-refractivity contribution in [1.82, 2.24) is 9.13 Å². The van der Waals surface area contributed by atoms with Gasteiger partial charge in [0.25, 0.3) is 12.7 Å². The van der Waals surface area contributed by atoms with Crippen LogP contribution in [0.15, 0.2) is 97.6 Å². The second-order valence-electron chi connectivity index (χ2n) is 32.0. The van der Waals surface area contributed by atoms with Gasteiger partial charge < -0.3 is 13.9 Å². The molecule has 0 saturated carbocycles. The summed E-state index contributed by atoms with van der Waals surface area (Å²) >= 11 is 0. The molecule has 0 aliphatic carbocycles. The zero-order chi connectivity index (χ0) is 65.7. The minimum atomic E-state index is -1.11. The van der Waals surface area contributed by atoms with Gasteiger partial charge in [0, 0.05) is 24.8 Å². The van der Waals surface area contributed by atoms with Crippen LogP contribution in [0.3, 0.4) is 0 Å². The van der Waals surface area contributed by atoms with Gasteiger partial charge in [0.05, 0.1) is 22.7 Å². The first-order valence-electron chi connectivity index (χ1n) is 32.4. The van der Waals surface area contributed by atoms with Gasteiger partial charge in [-0.15, -0.1) is 0 Å². The van der Waals surface area contributed by atoms with Crippen LogP contribution < -0.4 is 60.5 Å². The molecule has 6 aromatic rings. The number of imidazole rings is 2. The van der Waals surface area contributed by atoms with E-state index in [0.29, 0.717) is 47.3 Å². The summed E-state index contributed by atoms with van der Waals surface area (Å²) in [5.41, 5.74) is 16.1. The van der Waals surface area contributed by atoms with Crippen molar-refractivity contribution < 1.29 is 60.5 Å². The normalized spacial score (nSPS) is 12.3. The van der Waals surface area contributed by atoms with E-state index in [1.807, 2.05) is 0 Å². The second kappa shape index (κ2) is 36.9. The quantitative estimate of drug-likeness (QED) is 0.0468. The molecule has 15 heteroatoms. The minimum Gasteiger partial charge on any atom is -0.668 e. The number of hydrogen-bond acceptors (Lipinski definition) is 0. The van der Waals surface area contributed by atoms with Gasteiger partial charge in [-0.2, -0.15) is 0 Å². The molecule has 0 aliphatic rings. The van der Waals surface area contributed by atoms with Crippen LogP contribution in [0.1, 0.15) is 203 Å². The standard InChI is InChI=1S/2C27H36N2.3C6H18NSi2.Ca.K/c2*1-18(2)22-11-9-12-23(19(3)4)26(22)28-15-16-29(17-28)27-24(20(5)6)13-10-14-25(27)21(7)8;3*1-8(2,3)7-9(4,5)6;;/h2*9-16,18-21H,1-8H3;3*1-6H3;;/q;;3*-1;+2;+1. The van der Waals surface area contributed by atoms with Gasteiger partial charge in [-0.3, -0.25) is 18.3 Å². The zero-order valence-electron chi connectivity index (χ0n) is 62.7. The third kappa shape index (κ3) is 30.6. The Labute approximate surface area is 616 Å².